The number of benzene rings is 2. The number of nitriles is 1. The molecule has 2 heterocycles. The van der Waals surface area contributed by atoms with Gasteiger partial charge in [-0.1, -0.05) is 31.2 Å². The van der Waals surface area contributed by atoms with E-state index in [1.165, 1.54) is 23.1 Å². The zero-order chi connectivity index (χ0) is 26.5. The number of fused-ring (bicyclic) bond motifs is 1. The summed E-state index contributed by atoms with van der Waals surface area (Å²) in [4.78, 5) is 41.3. The van der Waals surface area contributed by atoms with Gasteiger partial charge in [0.1, 0.15) is 11.1 Å². The Morgan fingerprint density at radius 1 is 1.16 bits per heavy atom. The monoisotopic (exact) mass is 532 g/mol. The lowest BCUT2D eigenvalue weighted by molar-refractivity contribution is -0.129. The topological polar surface area (TPSA) is 102 Å². The number of carbonyl (C=O) groups is 3. The lowest BCUT2D eigenvalue weighted by atomic mass is 10.0. The van der Waals surface area contributed by atoms with Gasteiger partial charge in [0, 0.05) is 34.5 Å². The molecule has 190 valence electrons. The van der Waals surface area contributed by atoms with Gasteiger partial charge in [-0.05, 0) is 55.2 Å². The van der Waals surface area contributed by atoms with Gasteiger partial charge in [-0.25, -0.2) is 0 Å². The maximum atomic E-state index is 13.2. The second kappa shape index (κ2) is 11.6. The molecule has 0 aliphatic carbocycles. The molecule has 1 aliphatic heterocycles. The van der Waals surface area contributed by atoms with E-state index in [1.807, 2.05) is 56.3 Å². The zero-order valence-corrected chi connectivity index (χ0v) is 22.6. The molecular formula is C28H28N4O3S2. The van der Waals surface area contributed by atoms with Crippen LogP contribution in [0.5, 0.6) is 0 Å². The van der Waals surface area contributed by atoms with Crippen LogP contribution < -0.4 is 10.6 Å². The molecule has 3 amide bonds. The molecule has 4 rings (SSSR count). The number of thioether (sulfide) groups is 1. The fraction of sp³-hybridized carbons (Fsp3) is 0.286. The van der Waals surface area contributed by atoms with Crippen molar-refractivity contribution in [3.63, 3.8) is 0 Å². The van der Waals surface area contributed by atoms with Crippen LogP contribution >= 0.6 is 23.1 Å². The number of hydrogen-bond acceptors (Lipinski definition) is 6. The first-order valence-corrected chi connectivity index (χ1v) is 13.7. The molecule has 2 aromatic carbocycles. The third kappa shape index (κ3) is 6.04. The molecule has 1 atom stereocenters. The van der Waals surface area contributed by atoms with Crippen molar-refractivity contribution in [2.24, 2.45) is 0 Å². The maximum absolute atomic E-state index is 13.2. The number of hydrogen-bond donors (Lipinski definition) is 2. The quantitative estimate of drug-likeness (QED) is 0.386. The summed E-state index contributed by atoms with van der Waals surface area (Å²) in [6.07, 6.45) is 1.19. The van der Waals surface area contributed by atoms with Crippen LogP contribution in [0.25, 0.3) is 0 Å². The highest BCUT2D eigenvalue weighted by Gasteiger charge is 2.27. The van der Waals surface area contributed by atoms with E-state index in [2.05, 4.69) is 16.7 Å². The first-order valence-electron chi connectivity index (χ1n) is 12.0. The number of carbonyl (C=O) groups excluding carboxylic acids is 3. The predicted octanol–water partition coefficient (Wildman–Crippen LogP) is 5.59. The van der Waals surface area contributed by atoms with Crippen molar-refractivity contribution < 1.29 is 14.4 Å². The molecule has 0 saturated heterocycles. The molecule has 37 heavy (non-hydrogen) atoms. The van der Waals surface area contributed by atoms with Crippen LogP contribution in [0.2, 0.25) is 0 Å². The van der Waals surface area contributed by atoms with Gasteiger partial charge in [-0.15, -0.1) is 23.1 Å². The van der Waals surface area contributed by atoms with Crippen molar-refractivity contribution >= 4 is 51.5 Å². The van der Waals surface area contributed by atoms with Crippen LogP contribution in [0.4, 0.5) is 10.7 Å². The second-order valence-electron chi connectivity index (χ2n) is 8.81. The third-order valence-electron chi connectivity index (χ3n) is 6.27. The molecule has 7 nitrogen and oxygen atoms in total. The summed E-state index contributed by atoms with van der Waals surface area (Å²) in [5.41, 5.74) is 3.59. The first-order chi connectivity index (χ1) is 17.8. The van der Waals surface area contributed by atoms with E-state index in [9.17, 15) is 19.6 Å². The Morgan fingerprint density at radius 3 is 2.65 bits per heavy atom. The number of aryl methyl sites for hydroxylation is 1. The second-order valence-corrected chi connectivity index (χ2v) is 11.2. The predicted molar refractivity (Wildman–Crippen MR) is 148 cm³/mol. The van der Waals surface area contributed by atoms with E-state index in [4.69, 9.17) is 0 Å². The van der Waals surface area contributed by atoms with Gasteiger partial charge in [0.05, 0.1) is 17.4 Å². The van der Waals surface area contributed by atoms with Gasteiger partial charge in [-0.3, -0.25) is 14.4 Å². The average molecular weight is 533 g/mol. The van der Waals surface area contributed by atoms with Gasteiger partial charge in [-0.2, -0.15) is 5.26 Å². The lowest BCUT2D eigenvalue weighted by Crippen LogP contribution is -2.33. The highest BCUT2D eigenvalue weighted by Crippen LogP contribution is 2.37. The van der Waals surface area contributed by atoms with Crippen LogP contribution in [0.1, 0.15) is 52.2 Å². The van der Waals surface area contributed by atoms with Crippen molar-refractivity contribution in [2.75, 3.05) is 17.2 Å². The summed E-state index contributed by atoms with van der Waals surface area (Å²) in [5, 5.41) is 15.8. The molecule has 1 unspecified atom stereocenters. The Morgan fingerprint density at radius 2 is 1.95 bits per heavy atom. The fourth-order valence-corrected chi connectivity index (χ4v) is 6.46. The highest BCUT2D eigenvalue weighted by molar-refractivity contribution is 8.00. The molecule has 3 aromatic rings. The van der Waals surface area contributed by atoms with Gasteiger partial charge >= 0.3 is 0 Å². The fourth-order valence-electron chi connectivity index (χ4n) is 4.23. The Balaban J connectivity index is 1.45. The Hall–Kier alpha value is -3.61. The van der Waals surface area contributed by atoms with E-state index in [-0.39, 0.29) is 23.0 Å². The zero-order valence-electron chi connectivity index (χ0n) is 21.0. The average Bonchev–Trinajstić information content (AvgIpc) is 3.23. The number of rotatable bonds is 7. The maximum Gasteiger partial charge on any atom is 0.255 e. The van der Waals surface area contributed by atoms with E-state index in [0.717, 1.165) is 20.9 Å². The summed E-state index contributed by atoms with van der Waals surface area (Å²) >= 11 is 2.79. The van der Waals surface area contributed by atoms with E-state index >= 15 is 0 Å². The van der Waals surface area contributed by atoms with Crippen molar-refractivity contribution in [3.05, 3.63) is 75.7 Å². The minimum Gasteiger partial charge on any atom is -0.337 e. The molecule has 0 radical (unpaired) electrons. The minimum absolute atomic E-state index is 0.00270. The molecule has 1 aliphatic rings. The van der Waals surface area contributed by atoms with Crippen LogP contribution in [-0.2, 0) is 22.6 Å². The first kappa shape index (κ1) is 26.5. The summed E-state index contributed by atoms with van der Waals surface area (Å²) in [6.45, 7) is 6.42. The van der Waals surface area contributed by atoms with Crippen LogP contribution in [-0.4, -0.2) is 34.4 Å². The normalized spacial score (nSPS) is 13.3. The summed E-state index contributed by atoms with van der Waals surface area (Å²) in [7, 11) is 0. The number of amides is 3. The van der Waals surface area contributed by atoms with Crippen LogP contribution in [0.15, 0.2) is 53.4 Å². The molecular weight excluding hydrogens is 504 g/mol. The number of thiophene rings is 1. The summed E-state index contributed by atoms with van der Waals surface area (Å²) in [5.74, 6) is -0.359. The van der Waals surface area contributed by atoms with Gasteiger partial charge in [0.2, 0.25) is 11.8 Å². The minimum atomic E-state index is -0.387. The molecule has 0 bridgehead atoms. The van der Waals surface area contributed by atoms with Crippen molar-refractivity contribution in [3.8, 4) is 6.07 Å². The number of anilines is 2. The summed E-state index contributed by atoms with van der Waals surface area (Å²) in [6, 6.07) is 17.1. The van der Waals surface area contributed by atoms with Crippen molar-refractivity contribution in [1.29, 1.82) is 5.26 Å². The van der Waals surface area contributed by atoms with Gasteiger partial charge < -0.3 is 15.5 Å². The molecule has 9 heteroatoms. The number of nitrogens with one attached hydrogen (secondary N) is 2. The Bertz CT molecular complexity index is 1390. The Labute approximate surface area is 224 Å². The molecule has 1 aromatic heterocycles. The smallest absolute Gasteiger partial charge is 0.255 e. The van der Waals surface area contributed by atoms with Crippen molar-refractivity contribution in [2.45, 2.75) is 50.3 Å². The molecule has 2 N–H and O–H groups in total. The molecule has 0 spiro atoms. The van der Waals surface area contributed by atoms with E-state index in [1.54, 1.807) is 17.9 Å². The Kier molecular flexibility index (Phi) is 8.31. The third-order valence-corrected chi connectivity index (χ3v) is 8.76. The molecule has 0 saturated carbocycles. The highest BCUT2D eigenvalue weighted by atomic mass is 32.2. The van der Waals surface area contributed by atoms with E-state index in [0.29, 0.717) is 47.7 Å². The largest absolute Gasteiger partial charge is 0.337 e. The van der Waals surface area contributed by atoms with Gasteiger partial charge in [0.25, 0.3) is 5.91 Å². The van der Waals surface area contributed by atoms with E-state index < -0.39 is 0 Å². The van der Waals surface area contributed by atoms with Crippen LogP contribution in [0, 0.1) is 18.3 Å². The SMILES string of the molecule is CCC(Sc1cccc(NC(=O)c2ccccc2C)c1)C(=O)Nc1sc2c(c1C#N)CCN(C(C)=O)C2. The van der Waals surface area contributed by atoms with Crippen LogP contribution in [0.3, 0.4) is 0 Å². The lowest BCUT2D eigenvalue weighted by Gasteiger charge is -2.25. The van der Waals surface area contributed by atoms with Gasteiger partial charge in [0.15, 0.2) is 0 Å². The summed E-state index contributed by atoms with van der Waals surface area (Å²) < 4.78 is 0. The standard InChI is InChI=1S/C28H28N4O3S2/c1-4-24(27(35)31-28-23(15-29)22-12-13-32(18(3)33)16-25(22)37-28)36-20-10-7-9-19(14-20)30-26(34)21-11-6-5-8-17(21)2/h5-11,14,24H,4,12-13,16H2,1-3H3,(H,30,34)(H,31,35). The van der Waals surface area contributed by atoms with Crippen molar-refractivity contribution in [1.82, 2.24) is 4.90 Å². The molecule has 0 fully saturated rings. The number of nitrogens with zero attached hydrogens (tertiary/aromatic N) is 2.